The van der Waals surface area contributed by atoms with Crippen molar-refractivity contribution in [2.45, 2.75) is 13.5 Å². The molecule has 4 nitrogen and oxygen atoms in total. The highest BCUT2D eigenvalue weighted by Gasteiger charge is 2.24. The van der Waals surface area contributed by atoms with Gasteiger partial charge in [0.25, 0.3) is 5.91 Å². The van der Waals surface area contributed by atoms with Crippen LogP contribution in [0.15, 0.2) is 60.1 Å². The van der Waals surface area contributed by atoms with Gasteiger partial charge in [0, 0.05) is 22.8 Å². The normalized spacial score (nSPS) is 11.1. The molecule has 3 heterocycles. The predicted octanol–water partition coefficient (Wildman–Crippen LogP) is 4.83. The number of nitrogens with zero attached hydrogens (tertiary/aromatic N) is 3. The quantitative estimate of drug-likeness (QED) is 0.506. The molecule has 0 aliphatic carbocycles. The highest BCUT2D eigenvalue weighted by atomic mass is 32.1. The number of halogens is 2. The van der Waals surface area contributed by atoms with Crippen LogP contribution in [-0.4, -0.2) is 15.3 Å². The number of anilines is 1. The monoisotopic (exact) mass is 383 g/mol. The Hall–Kier alpha value is -3.06. The minimum absolute atomic E-state index is 0.0172. The Labute approximate surface area is 158 Å². The van der Waals surface area contributed by atoms with Crippen molar-refractivity contribution in [3.8, 4) is 0 Å². The molecule has 136 valence electrons. The van der Waals surface area contributed by atoms with Crippen LogP contribution < -0.4 is 4.90 Å². The zero-order chi connectivity index (χ0) is 19.0. The van der Waals surface area contributed by atoms with E-state index in [4.69, 9.17) is 0 Å². The number of fused-ring (bicyclic) bond motifs is 1. The average molecular weight is 383 g/mol. The number of imidazole rings is 1. The van der Waals surface area contributed by atoms with Crippen molar-refractivity contribution in [3.05, 3.63) is 88.0 Å². The second kappa shape index (κ2) is 6.92. The Balaban J connectivity index is 1.78. The number of aromatic nitrogens is 2. The smallest absolute Gasteiger partial charge is 0.278 e. The van der Waals surface area contributed by atoms with E-state index in [1.54, 1.807) is 16.7 Å². The van der Waals surface area contributed by atoms with Crippen LogP contribution in [-0.2, 0) is 6.54 Å². The lowest BCUT2D eigenvalue weighted by atomic mass is 10.2. The van der Waals surface area contributed by atoms with Crippen molar-refractivity contribution < 1.29 is 13.6 Å². The Kier molecular flexibility index (Phi) is 4.45. The lowest BCUT2D eigenvalue weighted by Crippen LogP contribution is -2.31. The van der Waals surface area contributed by atoms with Crippen LogP contribution in [0, 0.1) is 18.6 Å². The standard InChI is InChI=1S/C20H15F2N3OS/c1-13-4-2-6-19-23-17(12-24(13)19)20(26)25(11-15-5-3-9-27-15)18-8-7-14(21)10-16(18)22/h2-10,12H,11H2,1H3. The largest absolute Gasteiger partial charge is 0.304 e. The third-order valence-corrected chi connectivity index (χ3v) is 5.12. The fraction of sp³-hybridized carbons (Fsp3) is 0.100. The Bertz CT molecular complexity index is 1120. The molecule has 0 saturated heterocycles. The van der Waals surface area contributed by atoms with Gasteiger partial charge in [-0.05, 0) is 42.6 Å². The molecule has 0 saturated carbocycles. The van der Waals surface area contributed by atoms with Crippen LogP contribution in [0.2, 0.25) is 0 Å². The first kappa shape index (κ1) is 17.4. The summed E-state index contributed by atoms with van der Waals surface area (Å²) >= 11 is 1.46. The highest BCUT2D eigenvalue weighted by molar-refractivity contribution is 7.09. The first-order valence-corrected chi connectivity index (χ1v) is 9.15. The van der Waals surface area contributed by atoms with E-state index in [0.29, 0.717) is 5.65 Å². The van der Waals surface area contributed by atoms with Crippen molar-refractivity contribution in [2.75, 3.05) is 4.90 Å². The first-order chi connectivity index (χ1) is 13.0. The average Bonchev–Trinajstić information content (AvgIpc) is 3.30. The number of carbonyl (C=O) groups excluding carboxylic acids is 1. The second-order valence-corrected chi connectivity index (χ2v) is 7.12. The number of rotatable bonds is 4. The topological polar surface area (TPSA) is 37.6 Å². The van der Waals surface area contributed by atoms with Crippen LogP contribution in [0.5, 0.6) is 0 Å². The maximum absolute atomic E-state index is 14.4. The van der Waals surface area contributed by atoms with Gasteiger partial charge in [-0.25, -0.2) is 13.8 Å². The molecule has 0 aliphatic heterocycles. The lowest BCUT2D eigenvalue weighted by Gasteiger charge is -2.22. The van der Waals surface area contributed by atoms with E-state index in [-0.39, 0.29) is 17.9 Å². The predicted molar refractivity (Wildman–Crippen MR) is 101 cm³/mol. The molecule has 0 atom stereocenters. The first-order valence-electron chi connectivity index (χ1n) is 8.27. The molecule has 0 radical (unpaired) electrons. The number of hydrogen-bond acceptors (Lipinski definition) is 3. The molecular weight excluding hydrogens is 368 g/mol. The zero-order valence-electron chi connectivity index (χ0n) is 14.4. The van der Waals surface area contributed by atoms with Gasteiger partial charge < -0.3 is 4.40 Å². The Morgan fingerprint density at radius 2 is 2.04 bits per heavy atom. The van der Waals surface area contributed by atoms with E-state index < -0.39 is 17.5 Å². The third-order valence-electron chi connectivity index (χ3n) is 4.25. The maximum Gasteiger partial charge on any atom is 0.278 e. The Morgan fingerprint density at radius 1 is 1.19 bits per heavy atom. The summed E-state index contributed by atoms with van der Waals surface area (Å²) in [6.45, 7) is 2.08. The summed E-state index contributed by atoms with van der Waals surface area (Å²) in [5.41, 5.74) is 1.78. The fourth-order valence-electron chi connectivity index (χ4n) is 2.91. The molecule has 0 unspecified atom stereocenters. The maximum atomic E-state index is 14.4. The molecule has 0 spiro atoms. The summed E-state index contributed by atoms with van der Waals surface area (Å²) < 4.78 is 29.6. The molecule has 4 rings (SSSR count). The summed E-state index contributed by atoms with van der Waals surface area (Å²) in [5, 5.41) is 1.88. The van der Waals surface area contributed by atoms with E-state index in [1.165, 1.54) is 22.3 Å². The third kappa shape index (κ3) is 3.33. The second-order valence-electron chi connectivity index (χ2n) is 6.09. The van der Waals surface area contributed by atoms with Gasteiger partial charge in [0.05, 0.1) is 12.2 Å². The van der Waals surface area contributed by atoms with Crippen LogP contribution in [0.1, 0.15) is 21.1 Å². The van der Waals surface area contributed by atoms with E-state index in [2.05, 4.69) is 4.98 Å². The molecule has 0 N–H and O–H groups in total. The van der Waals surface area contributed by atoms with Gasteiger partial charge in [0.15, 0.2) is 0 Å². The molecule has 1 aromatic carbocycles. The number of pyridine rings is 1. The van der Waals surface area contributed by atoms with Gasteiger partial charge in [-0.1, -0.05) is 12.1 Å². The Morgan fingerprint density at radius 3 is 2.74 bits per heavy atom. The van der Waals surface area contributed by atoms with Gasteiger partial charge in [-0.15, -0.1) is 11.3 Å². The molecule has 4 aromatic rings. The van der Waals surface area contributed by atoms with Gasteiger partial charge in [-0.2, -0.15) is 0 Å². The van der Waals surface area contributed by atoms with Crippen molar-refractivity contribution >= 4 is 28.6 Å². The van der Waals surface area contributed by atoms with Crippen molar-refractivity contribution in [1.29, 1.82) is 0 Å². The SMILES string of the molecule is Cc1cccc2nc(C(=O)N(Cc3cccs3)c3ccc(F)cc3F)cn12. The van der Waals surface area contributed by atoms with Crippen molar-refractivity contribution in [3.63, 3.8) is 0 Å². The summed E-state index contributed by atoms with van der Waals surface area (Å²) in [7, 11) is 0. The summed E-state index contributed by atoms with van der Waals surface area (Å²) in [6, 6.07) is 12.5. The lowest BCUT2D eigenvalue weighted by molar-refractivity contribution is 0.0980. The number of aryl methyl sites for hydroxylation is 1. The van der Waals surface area contributed by atoms with Gasteiger partial charge in [0.2, 0.25) is 0 Å². The van der Waals surface area contributed by atoms with E-state index in [0.717, 1.165) is 22.7 Å². The molecule has 0 aliphatic rings. The molecule has 3 aromatic heterocycles. The van der Waals surface area contributed by atoms with Crippen molar-refractivity contribution in [2.24, 2.45) is 0 Å². The number of thiophene rings is 1. The number of amides is 1. The van der Waals surface area contributed by atoms with Crippen LogP contribution >= 0.6 is 11.3 Å². The molecule has 1 amide bonds. The molecule has 27 heavy (non-hydrogen) atoms. The summed E-state index contributed by atoms with van der Waals surface area (Å²) in [5.74, 6) is -1.93. The van der Waals surface area contributed by atoms with Gasteiger partial charge in [0.1, 0.15) is 23.0 Å². The number of carbonyl (C=O) groups is 1. The number of benzene rings is 1. The minimum Gasteiger partial charge on any atom is -0.304 e. The van der Waals surface area contributed by atoms with Crippen molar-refractivity contribution in [1.82, 2.24) is 9.38 Å². The summed E-state index contributed by atoms with van der Waals surface area (Å²) in [6.07, 6.45) is 1.63. The minimum atomic E-state index is -0.792. The fourth-order valence-corrected chi connectivity index (χ4v) is 3.61. The van der Waals surface area contributed by atoms with Crippen LogP contribution in [0.3, 0.4) is 0 Å². The zero-order valence-corrected chi connectivity index (χ0v) is 15.2. The van der Waals surface area contributed by atoms with Gasteiger partial charge >= 0.3 is 0 Å². The van der Waals surface area contributed by atoms with E-state index >= 15 is 0 Å². The van der Waals surface area contributed by atoms with Gasteiger partial charge in [-0.3, -0.25) is 9.69 Å². The highest BCUT2D eigenvalue weighted by Crippen LogP contribution is 2.26. The van der Waals surface area contributed by atoms with E-state index in [9.17, 15) is 13.6 Å². The summed E-state index contributed by atoms with van der Waals surface area (Å²) in [4.78, 5) is 19.7. The van der Waals surface area contributed by atoms with Crippen LogP contribution in [0.4, 0.5) is 14.5 Å². The molecule has 7 heteroatoms. The number of hydrogen-bond donors (Lipinski definition) is 0. The molecule has 0 fully saturated rings. The van der Waals surface area contributed by atoms with E-state index in [1.807, 2.05) is 36.6 Å². The molecular formula is C20H15F2N3OS. The molecule has 0 bridgehead atoms. The van der Waals surface area contributed by atoms with Crippen LogP contribution in [0.25, 0.3) is 5.65 Å².